The zero-order chi connectivity index (χ0) is 25.5. The van der Waals surface area contributed by atoms with Crippen molar-refractivity contribution in [3.05, 3.63) is 66.2 Å². The Kier molecular flexibility index (Phi) is 9.33. The van der Waals surface area contributed by atoms with Crippen LogP contribution in [0.1, 0.15) is 51.5 Å². The predicted octanol–water partition coefficient (Wildman–Crippen LogP) is 4.47. The number of nitrogens with one attached hydrogen (secondary N) is 1. The molecule has 0 radical (unpaired) electrons. The van der Waals surface area contributed by atoms with Crippen LogP contribution in [0.15, 0.2) is 65.6 Å². The molecular weight excluding hydrogens is 462 g/mol. The van der Waals surface area contributed by atoms with Crippen molar-refractivity contribution in [3.63, 3.8) is 0 Å². The summed E-state index contributed by atoms with van der Waals surface area (Å²) in [5.41, 5.74) is 0.641. The van der Waals surface area contributed by atoms with E-state index in [0.29, 0.717) is 11.4 Å². The number of likely N-dealkylation sites (tertiary alicyclic amines) is 1. The molecule has 1 unspecified atom stereocenters. The molecule has 1 aliphatic heterocycles. The lowest BCUT2D eigenvalue weighted by molar-refractivity contribution is 0.0478. The van der Waals surface area contributed by atoms with Gasteiger partial charge in [-0.15, -0.1) is 0 Å². The fourth-order valence-electron chi connectivity index (χ4n) is 4.38. The standard InChI is InChI=1S/C27H39N3O4S/c1-27(2,3)34-26(31)28-24-16-19-30(20-17-24)18-15-23(22-11-7-5-8-12-22)21-29(4)35(32,33)25-13-9-6-10-14-25/h5-14,23-24H,15-21H2,1-4H3,(H,28,31). The SMILES string of the molecule is CN(CC(CCN1CCC(NC(=O)OC(C)(C)C)CC1)c1ccccc1)S(=O)(=O)c1ccccc1. The number of likely N-dealkylation sites (N-methyl/N-ethyl adjacent to an activating group) is 1. The Labute approximate surface area is 210 Å². The molecule has 0 saturated carbocycles. The van der Waals surface area contributed by atoms with Crippen molar-refractivity contribution in [1.82, 2.24) is 14.5 Å². The van der Waals surface area contributed by atoms with E-state index in [1.807, 2.05) is 45.0 Å². The maximum absolute atomic E-state index is 13.1. The number of carbonyl (C=O) groups excluding carboxylic acids is 1. The molecule has 192 valence electrons. The molecule has 0 bridgehead atoms. The molecule has 1 saturated heterocycles. The Balaban J connectivity index is 1.57. The number of hydrogen-bond acceptors (Lipinski definition) is 5. The Morgan fingerprint density at radius 2 is 1.63 bits per heavy atom. The second kappa shape index (κ2) is 12.0. The van der Waals surface area contributed by atoms with Gasteiger partial charge in [-0.05, 0) is 70.2 Å². The van der Waals surface area contributed by atoms with E-state index < -0.39 is 15.6 Å². The minimum absolute atomic E-state index is 0.0808. The molecule has 35 heavy (non-hydrogen) atoms. The molecule has 1 atom stereocenters. The zero-order valence-electron chi connectivity index (χ0n) is 21.3. The summed E-state index contributed by atoms with van der Waals surface area (Å²) in [6.07, 6.45) is 2.24. The maximum atomic E-state index is 13.1. The quantitative estimate of drug-likeness (QED) is 0.549. The van der Waals surface area contributed by atoms with Crippen molar-refractivity contribution in [2.75, 3.05) is 33.2 Å². The van der Waals surface area contributed by atoms with Gasteiger partial charge in [0.2, 0.25) is 10.0 Å². The molecule has 8 heteroatoms. The smallest absolute Gasteiger partial charge is 0.407 e. The second-order valence-electron chi connectivity index (χ2n) is 10.3. The molecule has 1 N–H and O–H groups in total. The van der Waals surface area contributed by atoms with Crippen molar-refractivity contribution in [1.29, 1.82) is 0 Å². The molecule has 7 nitrogen and oxygen atoms in total. The minimum atomic E-state index is -3.55. The van der Waals surface area contributed by atoms with Gasteiger partial charge in [0.05, 0.1) is 4.90 Å². The first-order chi connectivity index (χ1) is 16.5. The van der Waals surface area contributed by atoms with Crippen LogP contribution < -0.4 is 5.32 Å². The summed E-state index contributed by atoms with van der Waals surface area (Å²) in [6.45, 7) is 8.65. The van der Waals surface area contributed by atoms with Crippen LogP contribution in [0.3, 0.4) is 0 Å². The topological polar surface area (TPSA) is 79.0 Å². The largest absolute Gasteiger partial charge is 0.444 e. The number of alkyl carbamates (subject to hydrolysis) is 1. The Hall–Kier alpha value is -2.42. The molecular formula is C27H39N3O4S. The lowest BCUT2D eigenvalue weighted by Gasteiger charge is -2.34. The van der Waals surface area contributed by atoms with Crippen LogP contribution in [0.25, 0.3) is 0 Å². The number of hydrogen-bond donors (Lipinski definition) is 1. The van der Waals surface area contributed by atoms with Crippen LogP contribution in [0.4, 0.5) is 4.79 Å². The number of benzene rings is 2. The summed E-state index contributed by atoms with van der Waals surface area (Å²) in [4.78, 5) is 14.8. The van der Waals surface area contributed by atoms with Gasteiger partial charge in [-0.2, -0.15) is 0 Å². The number of ether oxygens (including phenoxy) is 1. The lowest BCUT2D eigenvalue weighted by atomic mass is 9.94. The number of rotatable bonds is 9. The predicted molar refractivity (Wildman–Crippen MR) is 139 cm³/mol. The minimum Gasteiger partial charge on any atom is -0.444 e. The molecule has 1 fully saturated rings. The first-order valence-electron chi connectivity index (χ1n) is 12.3. The Bertz CT molecular complexity index is 1030. The molecule has 0 spiro atoms. The van der Waals surface area contributed by atoms with Crippen molar-refractivity contribution in [3.8, 4) is 0 Å². The van der Waals surface area contributed by atoms with Crippen molar-refractivity contribution in [2.24, 2.45) is 0 Å². The van der Waals surface area contributed by atoms with Crippen molar-refractivity contribution in [2.45, 2.75) is 62.5 Å². The fourth-order valence-corrected chi connectivity index (χ4v) is 5.62. The van der Waals surface area contributed by atoms with Crippen LogP contribution in [0, 0.1) is 0 Å². The number of piperidine rings is 1. The molecule has 1 amide bonds. The van der Waals surface area contributed by atoms with Crippen LogP contribution in [-0.4, -0.2) is 68.6 Å². The lowest BCUT2D eigenvalue weighted by Crippen LogP contribution is -2.46. The third kappa shape index (κ3) is 8.33. The third-order valence-corrected chi connectivity index (χ3v) is 8.14. The molecule has 0 aliphatic carbocycles. The highest BCUT2D eigenvalue weighted by atomic mass is 32.2. The van der Waals surface area contributed by atoms with E-state index >= 15 is 0 Å². The summed E-state index contributed by atoms with van der Waals surface area (Å²) in [5.74, 6) is 0.0808. The Morgan fingerprint density at radius 1 is 1.06 bits per heavy atom. The molecule has 2 aromatic rings. The second-order valence-corrected chi connectivity index (χ2v) is 12.3. The summed E-state index contributed by atoms with van der Waals surface area (Å²) in [5, 5.41) is 2.98. The molecule has 3 rings (SSSR count). The number of carbonyl (C=O) groups is 1. The van der Waals surface area contributed by atoms with Crippen molar-refractivity contribution < 1.29 is 17.9 Å². The van der Waals surface area contributed by atoms with Gasteiger partial charge in [-0.3, -0.25) is 0 Å². The van der Waals surface area contributed by atoms with E-state index in [9.17, 15) is 13.2 Å². The first kappa shape index (κ1) is 27.2. The maximum Gasteiger partial charge on any atom is 0.407 e. The normalized spacial score (nSPS) is 16.7. The molecule has 2 aromatic carbocycles. The highest BCUT2D eigenvalue weighted by Crippen LogP contribution is 2.25. The summed E-state index contributed by atoms with van der Waals surface area (Å²) in [6, 6.07) is 18.8. The monoisotopic (exact) mass is 501 g/mol. The van der Waals surface area contributed by atoms with E-state index in [-0.39, 0.29) is 18.1 Å². The van der Waals surface area contributed by atoms with Gasteiger partial charge >= 0.3 is 6.09 Å². The fraction of sp³-hybridized carbons (Fsp3) is 0.519. The molecule has 0 aromatic heterocycles. The van der Waals surface area contributed by atoms with Gasteiger partial charge in [-0.1, -0.05) is 48.5 Å². The van der Waals surface area contributed by atoms with Gasteiger partial charge in [-0.25, -0.2) is 17.5 Å². The van der Waals surface area contributed by atoms with Crippen LogP contribution in [0.2, 0.25) is 0 Å². The number of sulfonamides is 1. The number of nitrogens with zero attached hydrogens (tertiary/aromatic N) is 2. The van der Waals surface area contributed by atoms with Gasteiger partial charge < -0.3 is 15.0 Å². The highest BCUT2D eigenvalue weighted by Gasteiger charge is 2.27. The van der Waals surface area contributed by atoms with Gasteiger partial charge in [0, 0.05) is 32.7 Å². The van der Waals surface area contributed by atoms with E-state index in [2.05, 4.69) is 22.3 Å². The average Bonchev–Trinajstić information content (AvgIpc) is 2.82. The van der Waals surface area contributed by atoms with Crippen LogP contribution >= 0.6 is 0 Å². The molecule has 1 heterocycles. The van der Waals surface area contributed by atoms with Crippen LogP contribution in [0.5, 0.6) is 0 Å². The van der Waals surface area contributed by atoms with Crippen LogP contribution in [-0.2, 0) is 14.8 Å². The summed E-state index contributed by atoms with van der Waals surface area (Å²) < 4.78 is 33.0. The number of amides is 1. The summed E-state index contributed by atoms with van der Waals surface area (Å²) >= 11 is 0. The highest BCUT2D eigenvalue weighted by molar-refractivity contribution is 7.89. The van der Waals surface area contributed by atoms with E-state index in [1.165, 1.54) is 4.31 Å². The van der Waals surface area contributed by atoms with E-state index in [4.69, 9.17) is 4.74 Å². The van der Waals surface area contributed by atoms with Gasteiger partial charge in [0.1, 0.15) is 5.60 Å². The molecule has 1 aliphatic rings. The summed E-state index contributed by atoms with van der Waals surface area (Å²) in [7, 11) is -1.89. The average molecular weight is 502 g/mol. The van der Waals surface area contributed by atoms with E-state index in [0.717, 1.165) is 44.5 Å². The van der Waals surface area contributed by atoms with Crippen molar-refractivity contribution >= 4 is 16.1 Å². The first-order valence-corrected chi connectivity index (χ1v) is 13.8. The van der Waals surface area contributed by atoms with Gasteiger partial charge in [0.25, 0.3) is 0 Å². The Morgan fingerprint density at radius 3 is 2.20 bits per heavy atom. The third-order valence-electron chi connectivity index (χ3n) is 6.30. The van der Waals surface area contributed by atoms with E-state index in [1.54, 1.807) is 31.3 Å². The van der Waals surface area contributed by atoms with Gasteiger partial charge in [0.15, 0.2) is 0 Å². The zero-order valence-corrected chi connectivity index (χ0v) is 22.1.